The van der Waals surface area contributed by atoms with Crippen molar-refractivity contribution in [3.63, 3.8) is 0 Å². The standard InChI is InChI=1S/C26H23N3O3/c1-3-18-10-12-19(13-11-18)24(31)22-15-29(16-23(30)28-20-7-5-4-6-8-20)26-21(25(22)32)14-9-17(2)27-26/h4-15H,3,16H2,1-2H3,(H,28,30). The topological polar surface area (TPSA) is 81.1 Å². The molecule has 1 N–H and O–H groups in total. The van der Waals surface area contributed by atoms with E-state index >= 15 is 0 Å². The average Bonchev–Trinajstić information content (AvgIpc) is 2.81. The molecule has 0 radical (unpaired) electrons. The van der Waals surface area contributed by atoms with E-state index in [0.29, 0.717) is 28.0 Å². The Balaban J connectivity index is 1.76. The van der Waals surface area contributed by atoms with Crippen LogP contribution in [0.5, 0.6) is 0 Å². The molecule has 0 aliphatic heterocycles. The number of benzene rings is 2. The Bertz CT molecular complexity index is 1360. The number of aryl methyl sites for hydroxylation is 2. The van der Waals surface area contributed by atoms with Gasteiger partial charge in [0.05, 0.1) is 10.9 Å². The third kappa shape index (κ3) is 4.34. The number of nitrogens with zero attached hydrogens (tertiary/aromatic N) is 2. The van der Waals surface area contributed by atoms with E-state index in [-0.39, 0.29) is 23.8 Å². The van der Waals surface area contributed by atoms with Crippen LogP contribution in [0.3, 0.4) is 0 Å². The molecule has 4 rings (SSSR count). The van der Waals surface area contributed by atoms with Crippen LogP contribution in [0.25, 0.3) is 11.0 Å². The van der Waals surface area contributed by atoms with Crippen LogP contribution >= 0.6 is 0 Å². The fraction of sp³-hybridized carbons (Fsp3) is 0.154. The highest BCUT2D eigenvalue weighted by molar-refractivity contribution is 6.10. The molecule has 4 aromatic rings. The minimum absolute atomic E-state index is 0.0138. The van der Waals surface area contributed by atoms with E-state index in [0.717, 1.165) is 12.0 Å². The van der Waals surface area contributed by atoms with E-state index in [9.17, 15) is 14.4 Å². The van der Waals surface area contributed by atoms with Gasteiger partial charge in [-0.05, 0) is 43.2 Å². The molecule has 1 amide bonds. The highest BCUT2D eigenvalue weighted by Crippen LogP contribution is 2.15. The lowest BCUT2D eigenvalue weighted by atomic mass is 10.0. The van der Waals surface area contributed by atoms with Crippen LogP contribution in [0.15, 0.2) is 77.7 Å². The minimum atomic E-state index is -0.392. The zero-order valence-corrected chi connectivity index (χ0v) is 18.0. The predicted octanol–water partition coefficient (Wildman–Crippen LogP) is 4.14. The quantitative estimate of drug-likeness (QED) is 0.471. The maximum absolute atomic E-state index is 13.2. The lowest BCUT2D eigenvalue weighted by Gasteiger charge is -2.13. The Morgan fingerprint density at radius 3 is 2.38 bits per heavy atom. The smallest absolute Gasteiger partial charge is 0.244 e. The number of hydrogen-bond donors (Lipinski definition) is 1. The number of fused-ring (bicyclic) bond motifs is 1. The molecule has 0 spiro atoms. The van der Waals surface area contributed by atoms with Crippen LogP contribution in [0.4, 0.5) is 5.69 Å². The number of amides is 1. The van der Waals surface area contributed by atoms with Crippen LogP contribution in [0.2, 0.25) is 0 Å². The largest absolute Gasteiger partial charge is 0.325 e. The Labute approximate surface area is 185 Å². The van der Waals surface area contributed by atoms with Gasteiger partial charge in [0, 0.05) is 23.1 Å². The van der Waals surface area contributed by atoms with Gasteiger partial charge in [-0.15, -0.1) is 0 Å². The van der Waals surface area contributed by atoms with Crippen molar-refractivity contribution in [3.8, 4) is 0 Å². The molecule has 2 heterocycles. The van der Waals surface area contributed by atoms with Crippen molar-refractivity contribution in [2.45, 2.75) is 26.8 Å². The Morgan fingerprint density at radius 1 is 0.969 bits per heavy atom. The second-order valence-electron chi connectivity index (χ2n) is 7.62. The average molecular weight is 425 g/mol. The van der Waals surface area contributed by atoms with Gasteiger partial charge in [0.2, 0.25) is 11.3 Å². The molecule has 0 aliphatic carbocycles. The molecule has 32 heavy (non-hydrogen) atoms. The third-order valence-electron chi connectivity index (χ3n) is 5.30. The first-order valence-electron chi connectivity index (χ1n) is 10.5. The van der Waals surface area contributed by atoms with Crippen molar-refractivity contribution in [2.24, 2.45) is 0 Å². The van der Waals surface area contributed by atoms with Gasteiger partial charge in [0.1, 0.15) is 12.2 Å². The van der Waals surface area contributed by atoms with Crippen molar-refractivity contribution in [1.29, 1.82) is 0 Å². The van der Waals surface area contributed by atoms with Crippen molar-refractivity contribution >= 4 is 28.4 Å². The summed E-state index contributed by atoms with van der Waals surface area (Å²) in [5.41, 5.74) is 2.91. The third-order valence-corrected chi connectivity index (χ3v) is 5.30. The summed E-state index contributed by atoms with van der Waals surface area (Å²) in [5.74, 6) is -0.660. The van der Waals surface area contributed by atoms with E-state index in [1.54, 1.807) is 41.0 Å². The molecule has 6 nitrogen and oxygen atoms in total. The summed E-state index contributed by atoms with van der Waals surface area (Å²) in [4.78, 5) is 43.5. The first-order chi connectivity index (χ1) is 15.5. The summed E-state index contributed by atoms with van der Waals surface area (Å²) in [7, 11) is 0. The van der Waals surface area contributed by atoms with Crippen molar-refractivity contribution in [2.75, 3.05) is 5.32 Å². The van der Waals surface area contributed by atoms with E-state index in [1.165, 1.54) is 6.20 Å². The second kappa shape index (κ2) is 8.98. The van der Waals surface area contributed by atoms with Gasteiger partial charge in [-0.3, -0.25) is 14.4 Å². The number of carbonyl (C=O) groups is 2. The number of pyridine rings is 2. The van der Waals surface area contributed by atoms with Crippen LogP contribution in [0, 0.1) is 6.92 Å². The van der Waals surface area contributed by atoms with Gasteiger partial charge in [0.25, 0.3) is 0 Å². The molecular formula is C26H23N3O3. The van der Waals surface area contributed by atoms with E-state index in [4.69, 9.17) is 0 Å². The van der Waals surface area contributed by atoms with Crippen LogP contribution in [-0.4, -0.2) is 21.2 Å². The maximum atomic E-state index is 13.2. The summed E-state index contributed by atoms with van der Waals surface area (Å²) < 4.78 is 1.57. The normalized spacial score (nSPS) is 10.8. The summed E-state index contributed by atoms with van der Waals surface area (Å²) in [5, 5.41) is 3.13. The summed E-state index contributed by atoms with van der Waals surface area (Å²) in [6.45, 7) is 3.76. The number of rotatable bonds is 6. The molecule has 0 atom stereocenters. The highest BCUT2D eigenvalue weighted by atomic mass is 16.2. The number of para-hydroxylation sites is 1. The summed E-state index contributed by atoms with van der Waals surface area (Å²) >= 11 is 0. The molecule has 0 saturated heterocycles. The van der Waals surface area contributed by atoms with Gasteiger partial charge < -0.3 is 9.88 Å². The lowest BCUT2D eigenvalue weighted by molar-refractivity contribution is -0.116. The monoisotopic (exact) mass is 425 g/mol. The van der Waals surface area contributed by atoms with Gasteiger partial charge in [-0.1, -0.05) is 49.4 Å². The maximum Gasteiger partial charge on any atom is 0.244 e. The molecule has 0 unspecified atom stereocenters. The summed E-state index contributed by atoms with van der Waals surface area (Å²) in [6.07, 6.45) is 2.30. The molecule has 2 aromatic carbocycles. The zero-order valence-electron chi connectivity index (χ0n) is 18.0. The van der Waals surface area contributed by atoms with Crippen molar-refractivity contribution in [3.05, 3.63) is 106 Å². The number of ketones is 1. The van der Waals surface area contributed by atoms with Crippen LogP contribution in [0.1, 0.15) is 34.1 Å². The Morgan fingerprint density at radius 2 is 1.69 bits per heavy atom. The molecule has 0 bridgehead atoms. The van der Waals surface area contributed by atoms with Crippen molar-refractivity contribution in [1.82, 2.24) is 9.55 Å². The van der Waals surface area contributed by atoms with Gasteiger partial charge in [0.15, 0.2) is 5.78 Å². The van der Waals surface area contributed by atoms with E-state index in [1.807, 2.05) is 44.2 Å². The lowest BCUT2D eigenvalue weighted by Crippen LogP contribution is -2.25. The molecule has 0 saturated carbocycles. The number of carbonyl (C=O) groups excluding carboxylic acids is 2. The predicted molar refractivity (Wildman–Crippen MR) is 125 cm³/mol. The van der Waals surface area contributed by atoms with E-state index < -0.39 is 5.43 Å². The van der Waals surface area contributed by atoms with E-state index in [2.05, 4.69) is 10.3 Å². The fourth-order valence-corrected chi connectivity index (χ4v) is 3.57. The molecule has 6 heteroatoms. The second-order valence-corrected chi connectivity index (χ2v) is 7.62. The Kier molecular flexibility index (Phi) is 5.94. The molecule has 2 aromatic heterocycles. The van der Waals surface area contributed by atoms with Crippen LogP contribution < -0.4 is 10.7 Å². The number of aromatic nitrogens is 2. The fourth-order valence-electron chi connectivity index (χ4n) is 3.57. The number of hydrogen-bond acceptors (Lipinski definition) is 4. The molecule has 160 valence electrons. The Hall–Kier alpha value is -4.06. The SMILES string of the molecule is CCc1ccc(C(=O)c2cn(CC(=O)Nc3ccccc3)c3nc(C)ccc3c2=O)cc1. The molecular weight excluding hydrogens is 402 g/mol. The molecule has 0 aliphatic rings. The molecule has 0 fully saturated rings. The first-order valence-corrected chi connectivity index (χ1v) is 10.5. The van der Waals surface area contributed by atoms with Gasteiger partial charge >= 0.3 is 0 Å². The minimum Gasteiger partial charge on any atom is -0.325 e. The van der Waals surface area contributed by atoms with Gasteiger partial charge in [-0.2, -0.15) is 0 Å². The van der Waals surface area contributed by atoms with Crippen molar-refractivity contribution < 1.29 is 9.59 Å². The first kappa shape index (κ1) is 21.2. The van der Waals surface area contributed by atoms with Crippen LogP contribution in [-0.2, 0) is 17.8 Å². The highest BCUT2D eigenvalue weighted by Gasteiger charge is 2.19. The zero-order chi connectivity index (χ0) is 22.7. The summed E-state index contributed by atoms with van der Waals surface area (Å²) in [6, 6.07) is 19.7. The number of anilines is 1. The number of nitrogens with one attached hydrogen (secondary N) is 1. The van der Waals surface area contributed by atoms with Gasteiger partial charge in [-0.25, -0.2) is 4.98 Å².